The van der Waals surface area contributed by atoms with E-state index >= 15 is 0 Å². The van der Waals surface area contributed by atoms with Gasteiger partial charge < -0.3 is 10.3 Å². The molecule has 5 aromatic rings. The van der Waals surface area contributed by atoms with Gasteiger partial charge in [0.05, 0.1) is 11.3 Å². The molecule has 208 valence electrons. The second-order valence-electron chi connectivity index (χ2n) is 10.8. The Hall–Kier alpha value is -4.88. The molecule has 42 heavy (non-hydrogen) atoms. The number of hydrogen-bond donors (Lipinski definition) is 2. The summed E-state index contributed by atoms with van der Waals surface area (Å²) in [5, 5.41) is 4.50. The van der Waals surface area contributed by atoms with Crippen molar-refractivity contribution >= 4 is 46.0 Å². The summed E-state index contributed by atoms with van der Waals surface area (Å²) in [6.45, 7) is 2.33. The van der Waals surface area contributed by atoms with Gasteiger partial charge in [0.25, 0.3) is 11.8 Å². The quantitative estimate of drug-likeness (QED) is 0.234. The van der Waals surface area contributed by atoms with E-state index < -0.39 is 18.1 Å². The zero-order chi connectivity index (χ0) is 29.0. The van der Waals surface area contributed by atoms with Crippen molar-refractivity contribution in [1.82, 2.24) is 15.2 Å². The van der Waals surface area contributed by atoms with E-state index in [-0.39, 0.29) is 23.1 Å². The minimum Gasteiger partial charge on any atom is -0.356 e. The highest BCUT2D eigenvalue weighted by molar-refractivity contribution is 6.30. The normalized spacial score (nSPS) is 17.9. The lowest BCUT2D eigenvalue weighted by Gasteiger charge is -2.36. The number of aromatic nitrogens is 1. The second-order valence-corrected chi connectivity index (χ2v) is 11.2. The van der Waals surface area contributed by atoms with E-state index in [9.17, 15) is 14.4 Å². The highest BCUT2D eigenvalue weighted by atomic mass is 35.5. The molecule has 0 radical (unpaired) electrons. The van der Waals surface area contributed by atoms with Crippen LogP contribution >= 0.6 is 11.6 Å². The van der Waals surface area contributed by atoms with Crippen molar-refractivity contribution in [1.29, 1.82) is 0 Å². The van der Waals surface area contributed by atoms with Gasteiger partial charge in [-0.3, -0.25) is 14.5 Å². The number of carbonyl (C=O) groups is 3. The van der Waals surface area contributed by atoms with Crippen LogP contribution in [0.25, 0.3) is 10.9 Å². The summed E-state index contributed by atoms with van der Waals surface area (Å²) in [7, 11) is 0. The monoisotopic (exact) mass is 574 g/mol. The summed E-state index contributed by atoms with van der Waals surface area (Å²) in [5.41, 5.74) is 6.22. The van der Waals surface area contributed by atoms with Crippen molar-refractivity contribution in [3.8, 4) is 0 Å². The second kappa shape index (κ2) is 10.2. The van der Waals surface area contributed by atoms with Crippen LogP contribution in [-0.4, -0.2) is 33.8 Å². The number of imide groups is 1. The van der Waals surface area contributed by atoms with Crippen molar-refractivity contribution in [2.24, 2.45) is 0 Å². The van der Waals surface area contributed by atoms with Gasteiger partial charge in [0, 0.05) is 34.6 Å². The molecule has 0 saturated carbocycles. The van der Waals surface area contributed by atoms with Crippen molar-refractivity contribution in [3.05, 3.63) is 136 Å². The molecule has 0 bridgehead atoms. The lowest BCUT2D eigenvalue weighted by molar-refractivity contribution is -0.120. The topological polar surface area (TPSA) is 85.5 Å². The lowest BCUT2D eigenvalue weighted by Crippen LogP contribution is -2.44. The van der Waals surface area contributed by atoms with E-state index in [4.69, 9.17) is 11.6 Å². The number of benzene rings is 4. The number of H-pyrrole nitrogens is 1. The van der Waals surface area contributed by atoms with Crippen LogP contribution in [0.4, 0.5) is 10.5 Å². The number of aryl methyl sites for hydroxylation is 1. The predicted octanol–water partition coefficient (Wildman–Crippen LogP) is 6.54. The fraction of sp³-hybridized carbons (Fsp3) is 0.147. The lowest BCUT2D eigenvalue weighted by atomic mass is 9.89. The van der Waals surface area contributed by atoms with Gasteiger partial charge in [0.2, 0.25) is 0 Å². The number of rotatable bonds is 5. The number of aromatic amines is 1. The van der Waals surface area contributed by atoms with Gasteiger partial charge in [-0.05, 0) is 53.9 Å². The van der Waals surface area contributed by atoms with Crippen molar-refractivity contribution in [3.63, 3.8) is 0 Å². The third-order valence-corrected chi connectivity index (χ3v) is 8.41. The number of amides is 4. The summed E-state index contributed by atoms with van der Waals surface area (Å²) in [5.74, 6) is -0.721. The minimum atomic E-state index is -0.739. The Morgan fingerprint density at radius 3 is 2.52 bits per heavy atom. The summed E-state index contributed by atoms with van der Waals surface area (Å²) in [4.78, 5) is 48.1. The van der Waals surface area contributed by atoms with E-state index in [1.165, 1.54) is 0 Å². The molecule has 2 atom stereocenters. The fourth-order valence-corrected chi connectivity index (χ4v) is 6.36. The molecule has 8 heteroatoms. The first-order chi connectivity index (χ1) is 20.4. The first-order valence-electron chi connectivity index (χ1n) is 13.8. The predicted molar refractivity (Wildman–Crippen MR) is 163 cm³/mol. The van der Waals surface area contributed by atoms with Gasteiger partial charge >= 0.3 is 6.03 Å². The number of nitrogens with one attached hydrogen (secondary N) is 2. The number of hydrogen-bond acceptors (Lipinski definition) is 3. The summed E-state index contributed by atoms with van der Waals surface area (Å²) in [6, 6.07) is 28.2. The number of nitrogens with zero attached hydrogens (tertiary/aromatic N) is 2. The van der Waals surface area contributed by atoms with Crippen LogP contribution in [0.3, 0.4) is 0 Å². The summed E-state index contributed by atoms with van der Waals surface area (Å²) < 4.78 is 0. The molecule has 1 saturated heterocycles. The first kappa shape index (κ1) is 26.0. The van der Waals surface area contributed by atoms with Crippen LogP contribution in [0, 0.1) is 6.92 Å². The molecule has 0 unspecified atom stereocenters. The van der Waals surface area contributed by atoms with E-state index in [0.717, 1.165) is 43.8 Å². The molecule has 1 fully saturated rings. The number of halogens is 1. The van der Waals surface area contributed by atoms with Gasteiger partial charge in [-0.25, -0.2) is 9.69 Å². The zero-order valence-corrected chi connectivity index (χ0v) is 23.6. The van der Waals surface area contributed by atoms with Gasteiger partial charge in [0.1, 0.15) is 12.1 Å². The van der Waals surface area contributed by atoms with Crippen molar-refractivity contribution in [2.45, 2.75) is 32.0 Å². The van der Waals surface area contributed by atoms with Gasteiger partial charge in [-0.1, -0.05) is 83.9 Å². The Labute approximate surface area is 247 Å². The number of para-hydroxylation sites is 2. The highest BCUT2D eigenvalue weighted by Crippen LogP contribution is 2.45. The van der Waals surface area contributed by atoms with Crippen molar-refractivity contribution < 1.29 is 14.4 Å². The molecule has 4 amide bonds. The maximum absolute atomic E-state index is 14.3. The van der Waals surface area contributed by atoms with Crippen LogP contribution in [0.15, 0.2) is 97.1 Å². The van der Waals surface area contributed by atoms with Crippen LogP contribution in [0.2, 0.25) is 5.02 Å². The average molecular weight is 575 g/mol. The van der Waals surface area contributed by atoms with E-state index in [1.807, 2.05) is 73.7 Å². The summed E-state index contributed by atoms with van der Waals surface area (Å²) in [6.07, 6.45) is 0.360. The molecule has 2 N–H and O–H groups in total. The average Bonchev–Trinajstić information content (AvgIpc) is 3.49. The Bertz CT molecular complexity index is 1880. The minimum absolute atomic E-state index is 0.259. The Morgan fingerprint density at radius 2 is 1.71 bits per heavy atom. The first-order valence-corrected chi connectivity index (χ1v) is 14.2. The van der Waals surface area contributed by atoms with Gasteiger partial charge in [-0.15, -0.1) is 0 Å². The van der Waals surface area contributed by atoms with Gasteiger partial charge in [-0.2, -0.15) is 0 Å². The maximum Gasteiger partial charge on any atom is 0.332 e. The third kappa shape index (κ3) is 4.25. The van der Waals surface area contributed by atoms with E-state index in [2.05, 4.69) is 10.3 Å². The SMILES string of the molecule is Cc1ccc(CNC(=O)c2ccccc2N2C(=O)[C@@H]3Cc4c([nH]c5ccccc45)[C@@H](c4cccc(Cl)c4)N3C2=O)cc1. The van der Waals surface area contributed by atoms with Crippen LogP contribution in [0.1, 0.15) is 44.3 Å². The number of fused-ring (bicyclic) bond motifs is 4. The van der Waals surface area contributed by atoms with Gasteiger partial charge in [0.15, 0.2) is 0 Å². The molecule has 3 heterocycles. The molecule has 7 rings (SSSR count). The Balaban J connectivity index is 1.27. The molecule has 4 aromatic carbocycles. The largest absolute Gasteiger partial charge is 0.356 e. The van der Waals surface area contributed by atoms with Crippen LogP contribution < -0.4 is 10.2 Å². The van der Waals surface area contributed by atoms with E-state index in [0.29, 0.717) is 18.0 Å². The number of carbonyl (C=O) groups excluding carboxylic acids is 3. The standard InChI is InChI=1S/C34H27ClN4O3/c1-20-13-15-21(16-14-20)19-36-32(40)25-10-3-5-12-28(25)39-33(41)29-18-26-24-9-2-4-11-27(24)37-30(26)31(38(29)34(39)42)22-7-6-8-23(35)17-22/h2-17,29,31,37H,18-19H2,1H3,(H,36,40)/t29-,31+/m0/s1. The summed E-state index contributed by atoms with van der Waals surface area (Å²) >= 11 is 6.40. The molecule has 2 aliphatic heterocycles. The maximum atomic E-state index is 14.3. The van der Waals surface area contributed by atoms with Crippen molar-refractivity contribution in [2.75, 3.05) is 4.90 Å². The highest BCUT2D eigenvalue weighted by Gasteiger charge is 2.53. The molecule has 0 spiro atoms. The Kier molecular flexibility index (Phi) is 6.32. The third-order valence-electron chi connectivity index (χ3n) is 8.18. The molecular formula is C34H27ClN4O3. The smallest absolute Gasteiger partial charge is 0.332 e. The molecule has 0 aliphatic carbocycles. The molecule has 2 aliphatic rings. The number of anilines is 1. The molecule has 1 aromatic heterocycles. The molecular weight excluding hydrogens is 548 g/mol. The Morgan fingerprint density at radius 1 is 0.952 bits per heavy atom. The van der Waals surface area contributed by atoms with Crippen LogP contribution in [0.5, 0.6) is 0 Å². The zero-order valence-electron chi connectivity index (χ0n) is 22.8. The van der Waals surface area contributed by atoms with Crippen LogP contribution in [-0.2, 0) is 17.8 Å². The molecule has 7 nitrogen and oxygen atoms in total. The number of urea groups is 1. The van der Waals surface area contributed by atoms with E-state index in [1.54, 1.807) is 35.2 Å². The fourth-order valence-electron chi connectivity index (χ4n) is 6.16.